The van der Waals surface area contributed by atoms with Gasteiger partial charge in [-0.25, -0.2) is 4.98 Å². The molecule has 0 aromatic carbocycles. The molecule has 2 aromatic heterocycles. The van der Waals surface area contributed by atoms with Gasteiger partial charge in [0.25, 0.3) is 0 Å². The van der Waals surface area contributed by atoms with Crippen LogP contribution in [0.1, 0.15) is 25.6 Å². The summed E-state index contributed by atoms with van der Waals surface area (Å²) in [6, 6.07) is 3.75. The van der Waals surface area contributed by atoms with Gasteiger partial charge in [-0.05, 0) is 32.9 Å². The first-order valence-electron chi connectivity index (χ1n) is 6.30. The van der Waals surface area contributed by atoms with E-state index in [4.69, 9.17) is 9.26 Å². The molecule has 0 atom stereocenters. The topological polar surface area (TPSA) is 73.1 Å². The third-order valence-corrected chi connectivity index (χ3v) is 2.33. The Kier molecular flexibility index (Phi) is 4.33. The molecule has 6 heteroatoms. The van der Waals surface area contributed by atoms with Gasteiger partial charge in [-0.2, -0.15) is 4.98 Å². The summed E-state index contributed by atoms with van der Waals surface area (Å²) in [6.07, 6.45) is 2.49. The summed E-state index contributed by atoms with van der Waals surface area (Å²) in [5, 5.41) is 6.96. The summed E-state index contributed by atoms with van der Waals surface area (Å²) >= 11 is 0. The summed E-state index contributed by atoms with van der Waals surface area (Å²) in [4.78, 5) is 8.41. The first-order valence-corrected chi connectivity index (χ1v) is 6.30. The molecule has 0 spiro atoms. The summed E-state index contributed by atoms with van der Waals surface area (Å²) in [6.45, 7) is 6.43. The van der Waals surface area contributed by atoms with E-state index in [1.165, 1.54) is 0 Å². The SMILES string of the molecule is Cc1noc(CCNc2ncccc2OC(C)C)n1. The van der Waals surface area contributed by atoms with Crippen molar-refractivity contribution < 1.29 is 9.26 Å². The van der Waals surface area contributed by atoms with Gasteiger partial charge in [0.15, 0.2) is 17.4 Å². The standard InChI is InChI=1S/C13H18N4O2/c1-9(2)18-11-5-4-7-14-13(11)15-8-6-12-16-10(3)17-19-12/h4-5,7,9H,6,8H2,1-3H3,(H,14,15). The third-order valence-electron chi connectivity index (χ3n) is 2.33. The zero-order chi connectivity index (χ0) is 13.7. The Hall–Kier alpha value is -2.11. The lowest BCUT2D eigenvalue weighted by Crippen LogP contribution is -2.11. The number of aryl methyl sites for hydroxylation is 1. The Morgan fingerprint density at radius 3 is 2.95 bits per heavy atom. The molecule has 2 heterocycles. The molecule has 0 bridgehead atoms. The van der Waals surface area contributed by atoms with Crippen LogP contribution in [0.25, 0.3) is 0 Å². The van der Waals surface area contributed by atoms with Crippen LogP contribution in [0.3, 0.4) is 0 Å². The van der Waals surface area contributed by atoms with Crippen molar-refractivity contribution in [1.82, 2.24) is 15.1 Å². The van der Waals surface area contributed by atoms with Crippen LogP contribution in [0.4, 0.5) is 5.82 Å². The van der Waals surface area contributed by atoms with Crippen LogP contribution < -0.4 is 10.1 Å². The number of anilines is 1. The van der Waals surface area contributed by atoms with E-state index in [0.29, 0.717) is 24.7 Å². The molecule has 2 rings (SSSR count). The number of pyridine rings is 1. The molecular weight excluding hydrogens is 244 g/mol. The van der Waals surface area contributed by atoms with E-state index in [1.807, 2.05) is 26.0 Å². The number of aromatic nitrogens is 3. The number of nitrogens with zero attached hydrogens (tertiary/aromatic N) is 3. The van der Waals surface area contributed by atoms with Crippen molar-refractivity contribution in [1.29, 1.82) is 0 Å². The van der Waals surface area contributed by atoms with Crippen LogP contribution in [-0.2, 0) is 6.42 Å². The fraction of sp³-hybridized carbons (Fsp3) is 0.462. The second kappa shape index (κ2) is 6.17. The van der Waals surface area contributed by atoms with Crippen LogP contribution in [-0.4, -0.2) is 27.8 Å². The highest BCUT2D eigenvalue weighted by Gasteiger charge is 2.07. The molecule has 0 aliphatic rings. The summed E-state index contributed by atoms with van der Waals surface area (Å²) in [5.74, 6) is 2.75. The first kappa shape index (κ1) is 13.3. The van der Waals surface area contributed by atoms with E-state index >= 15 is 0 Å². The predicted molar refractivity (Wildman–Crippen MR) is 71.2 cm³/mol. The van der Waals surface area contributed by atoms with Crippen molar-refractivity contribution in [3.05, 3.63) is 30.0 Å². The quantitative estimate of drug-likeness (QED) is 0.860. The summed E-state index contributed by atoms with van der Waals surface area (Å²) in [5.41, 5.74) is 0. The van der Waals surface area contributed by atoms with E-state index in [1.54, 1.807) is 13.1 Å². The van der Waals surface area contributed by atoms with Crippen LogP contribution in [0, 0.1) is 6.92 Å². The Morgan fingerprint density at radius 2 is 2.26 bits per heavy atom. The van der Waals surface area contributed by atoms with Gasteiger partial charge in [0.1, 0.15) is 0 Å². The lowest BCUT2D eigenvalue weighted by Gasteiger charge is -2.13. The smallest absolute Gasteiger partial charge is 0.228 e. The largest absolute Gasteiger partial charge is 0.487 e. The maximum Gasteiger partial charge on any atom is 0.228 e. The van der Waals surface area contributed by atoms with Crippen molar-refractivity contribution in [2.24, 2.45) is 0 Å². The average molecular weight is 262 g/mol. The number of ether oxygens (including phenoxy) is 1. The minimum absolute atomic E-state index is 0.114. The van der Waals surface area contributed by atoms with Gasteiger partial charge >= 0.3 is 0 Å². The highest BCUT2D eigenvalue weighted by atomic mass is 16.5. The van der Waals surface area contributed by atoms with E-state index < -0.39 is 0 Å². The van der Waals surface area contributed by atoms with Crippen molar-refractivity contribution in [3.63, 3.8) is 0 Å². The molecule has 0 saturated heterocycles. The molecule has 0 aliphatic carbocycles. The normalized spacial score (nSPS) is 10.7. The van der Waals surface area contributed by atoms with Crippen molar-refractivity contribution in [2.45, 2.75) is 33.3 Å². The molecule has 0 saturated carbocycles. The number of nitrogens with one attached hydrogen (secondary N) is 1. The molecule has 19 heavy (non-hydrogen) atoms. The first-order chi connectivity index (χ1) is 9.15. The molecule has 0 fully saturated rings. The monoisotopic (exact) mass is 262 g/mol. The maximum atomic E-state index is 5.68. The fourth-order valence-corrected chi connectivity index (χ4v) is 1.60. The highest BCUT2D eigenvalue weighted by Crippen LogP contribution is 2.21. The molecule has 6 nitrogen and oxygen atoms in total. The van der Waals surface area contributed by atoms with Crippen LogP contribution in [0.5, 0.6) is 5.75 Å². The van der Waals surface area contributed by atoms with Crippen molar-refractivity contribution >= 4 is 5.82 Å². The van der Waals surface area contributed by atoms with Gasteiger partial charge < -0.3 is 14.6 Å². The number of hydrogen-bond donors (Lipinski definition) is 1. The minimum atomic E-state index is 0.114. The lowest BCUT2D eigenvalue weighted by atomic mass is 10.3. The number of rotatable bonds is 6. The Balaban J connectivity index is 1.92. The second-order valence-corrected chi connectivity index (χ2v) is 4.43. The molecular formula is C13H18N4O2. The van der Waals surface area contributed by atoms with Crippen LogP contribution in [0.2, 0.25) is 0 Å². The van der Waals surface area contributed by atoms with E-state index in [0.717, 1.165) is 11.6 Å². The Labute approximate surface area is 112 Å². The van der Waals surface area contributed by atoms with Crippen molar-refractivity contribution in [3.8, 4) is 5.75 Å². The molecule has 0 unspecified atom stereocenters. The molecule has 0 amide bonds. The lowest BCUT2D eigenvalue weighted by molar-refractivity contribution is 0.243. The molecule has 102 valence electrons. The highest BCUT2D eigenvalue weighted by molar-refractivity contribution is 5.49. The minimum Gasteiger partial charge on any atom is -0.487 e. The van der Waals surface area contributed by atoms with Gasteiger partial charge in [-0.15, -0.1) is 0 Å². The van der Waals surface area contributed by atoms with E-state index in [9.17, 15) is 0 Å². The second-order valence-electron chi connectivity index (χ2n) is 4.43. The summed E-state index contributed by atoms with van der Waals surface area (Å²) < 4.78 is 10.7. The van der Waals surface area contributed by atoms with Gasteiger partial charge in [-0.1, -0.05) is 5.16 Å². The molecule has 1 N–H and O–H groups in total. The van der Waals surface area contributed by atoms with Crippen LogP contribution >= 0.6 is 0 Å². The van der Waals surface area contributed by atoms with Gasteiger partial charge in [0.05, 0.1) is 6.10 Å². The zero-order valence-electron chi connectivity index (χ0n) is 11.4. The zero-order valence-corrected chi connectivity index (χ0v) is 11.4. The molecule has 0 aliphatic heterocycles. The third kappa shape index (κ3) is 3.94. The van der Waals surface area contributed by atoms with E-state index in [-0.39, 0.29) is 6.10 Å². The average Bonchev–Trinajstić information content (AvgIpc) is 2.77. The molecule has 2 aromatic rings. The van der Waals surface area contributed by atoms with Gasteiger partial charge in [-0.3, -0.25) is 0 Å². The fourth-order valence-electron chi connectivity index (χ4n) is 1.60. The van der Waals surface area contributed by atoms with E-state index in [2.05, 4.69) is 20.4 Å². The summed E-state index contributed by atoms with van der Waals surface area (Å²) in [7, 11) is 0. The van der Waals surface area contributed by atoms with Crippen LogP contribution in [0.15, 0.2) is 22.9 Å². The Morgan fingerprint density at radius 1 is 1.42 bits per heavy atom. The van der Waals surface area contributed by atoms with Crippen molar-refractivity contribution in [2.75, 3.05) is 11.9 Å². The predicted octanol–water partition coefficient (Wildman–Crippen LogP) is 2.21. The maximum absolute atomic E-state index is 5.68. The van der Waals surface area contributed by atoms with Gasteiger partial charge in [0, 0.05) is 19.2 Å². The molecule has 0 radical (unpaired) electrons. The Bertz CT molecular complexity index is 525. The number of hydrogen-bond acceptors (Lipinski definition) is 6. The van der Waals surface area contributed by atoms with Gasteiger partial charge in [0.2, 0.25) is 5.89 Å².